The summed E-state index contributed by atoms with van der Waals surface area (Å²) in [6.07, 6.45) is 7.49. The maximum Gasteiger partial charge on any atom is 0.171 e. The van der Waals surface area contributed by atoms with E-state index >= 15 is 0 Å². The predicted octanol–water partition coefficient (Wildman–Crippen LogP) is 5.94. The molecule has 0 saturated heterocycles. The van der Waals surface area contributed by atoms with Gasteiger partial charge in [0.25, 0.3) is 0 Å². The van der Waals surface area contributed by atoms with Crippen LogP contribution in [0.3, 0.4) is 0 Å². The van der Waals surface area contributed by atoms with Crippen LogP contribution in [0.15, 0.2) is 24.5 Å². The molecule has 4 rings (SSSR count). The van der Waals surface area contributed by atoms with Gasteiger partial charge < -0.3 is 4.57 Å². The molecule has 6 heteroatoms. The van der Waals surface area contributed by atoms with Crippen molar-refractivity contribution in [1.29, 1.82) is 0 Å². The summed E-state index contributed by atoms with van der Waals surface area (Å²) in [7, 11) is 0. The van der Waals surface area contributed by atoms with Crippen molar-refractivity contribution in [2.75, 3.05) is 0 Å². The van der Waals surface area contributed by atoms with Gasteiger partial charge in [0.15, 0.2) is 12.3 Å². The summed E-state index contributed by atoms with van der Waals surface area (Å²) in [6, 6.07) is 5.93. The Morgan fingerprint density at radius 3 is 2.89 bits per heavy atom. The lowest BCUT2D eigenvalue weighted by atomic mass is 9.88. The molecule has 2 aromatic heterocycles. The monoisotopic (exact) mass is 385 g/mol. The molecule has 0 aliphatic carbocycles. The van der Waals surface area contributed by atoms with Gasteiger partial charge in [-0.1, -0.05) is 32.4 Å². The first-order valence-electron chi connectivity index (χ1n) is 9.70. The SMILES string of the molecule is CCCC(CC)c1c2n(c3cc(C=O)ccc13)CCCc1ncn(SF)c1-2. The topological polar surface area (TPSA) is 39.8 Å². The number of benzene rings is 1. The molecule has 1 atom stereocenters. The summed E-state index contributed by atoms with van der Waals surface area (Å²) in [6.45, 7) is 5.27. The molecule has 1 aliphatic heterocycles. The number of carbonyl (C=O) groups excluding carboxylic acids is 1. The molecule has 0 N–H and O–H groups in total. The third-order valence-corrected chi connectivity index (χ3v) is 6.13. The number of aryl methyl sites for hydroxylation is 2. The molecule has 0 amide bonds. The van der Waals surface area contributed by atoms with E-state index in [2.05, 4.69) is 29.5 Å². The zero-order chi connectivity index (χ0) is 19.0. The molecular formula is C21H24FN3OS. The summed E-state index contributed by atoms with van der Waals surface area (Å²) in [5, 5.41) is 1.18. The number of imidazole rings is 1. The molecule has 0 saturated carbocycles. The van der Waals surface area contributed by atoms with Crippen LogP contribution in [-0.4, -0.2) is 19.8 Å². The van der Waals surface area contributed by atoms with E-state index < -0.39 is 0 Å². The fourth-order valence-electron chi connectivity index (χ4n) is 4.52. The number of halogens is 1. The maximum atomic E-state index is 13.7. The smallest absolute Gasteiger partial charge is 0.171 e. The van der Waals surface area contributed by atoms with Crippen molar-refractivity contribution in [3.8, 4) is 11.4 Å². The van der Waals surface area contributed by atoms with Crippen molar-refractivity contribution >= 4 is 29.5 Å². The van der Waals surface area contributed by atoms with Crippen molar-refractivity contribution in [2.24, 2.45) is 0 Å². The number of carbonyl (C=O) groups is 1. The zero-order valence-electron chi connectivity index (χ0n) is 15.7. The number of aldehydes is 1. The number of nitrogens with zero attached hydrogens (tertiary/aromatic N) is 3. The van der Waals surface area contributed by atoms with Crippen LogP contribution < -0.4 is 0 Å². The fourth-order valence-corrected chi connectivity index (χ4v) is 4.86. The summed E-state index contributed by atoms with van der Waals surface area (Å²) in [5.41, 5.74) is 5.96. The molecule has 3 aromatic rings. The van der Waals surface area contributed by atoms with Gasteiger partial charge >= 0.3 is 0 Å². The molecule has 1 unspecified atom stereocenters. The lowest BCUT2D eigenvalue weighted by Gasteiger charge is -2.17. The second-order valence-corrected chi connectivity index (χ2v) is 7.77. The minimum Gasteiger partial charge on any atom is -0.339 e. The minimum absolute atomic E-state index is 0.207. The van der Waals surface area contributed by atoms with E-state index in [1.54, 1.807) is 10.3 Å². The lowest BCUT2D eigenvalue weighted by Crippen LogP contribution is -2.04. The van der Waals surface area contributed by atoms with E-state index in [0.29, 0.717) is 11.5 Å². The largest absolute Gasteiger partial charge is 0.339 e. The molecule has 0 spiro atoms. The highest BCUT2D eigenvalue weighted by molar-refractivity contribution is 7.92. The van der Waals surface area contributed by atoms with Crippen LogP contribution in [-0.2, 0) is 13.0 Å². The zero-order valence-corrected chi connectivity index (χ0v) is 16.6. The van der Waals surface area contributed by atoms with Crippen molar-refractivity contribution in [2.45, 2.75) is 58.4 Å². The second kappa shape index (κ2) is 7.50. The molecule has 3 heterocycles. The summed E-state index contributed by atoms with van der Waals surface area (Å²) >= 11 is 0.207. The van der Waals surface area contributed by atoms with E-state index in [1.165, 1.54) is 10.9 Å². The Hall–Kier alpha value is -2.08. The highest BCUT2D eigenvalue weighted by atomic mass is 32.2. The molecule has 27 heavy (non-hydrogen) atoms. The third-order valence-electron chi connectivity index (χ3n) is 5.71. The summed E-state index contributed by atoms with van der Waals surface area (Å²) < 4.78 is 17.5. The van der Waals surface area contributed by atoms with E-state index in [-0.39, 0.29) is 12.3 Å². The summed E-state index contributed by atoms with van der Waals surface area (Å²) in [4.78, 5) is 15.9. The first-order valence-corrected chi connectivity index (χ1v) is 10.4. The molecule has 0 fully saturated rings. The molecular weight excluding hydrogens is 361 g/mol. The number of fused-ring (bicyclic) bond motifs is 5. The Morgan fingerprint density at radius 2 is 2.19 bits per heavy atom. The Balaban J connectivity index is 2.11. The van der Waals surface area contributed by atoms with Crippen molar-refractivity contribution < 1.29 is 8.68 Å². The predicted molar refractivity (Wildman–Crippen MR) is 109 cm³/mol. The van der Waals surface area contributed by atoms with Crippen LogP contribution in [0, 0.1) is 0 Å². The molecule has 4 nitrogen and oxygen atoms in total. The maximum absolute atomic E-state index is 13.7. The van der Waals surface area contributed by atoms with Crippen molar-refractivity contribution in [3.63, 3.8) is 0 Å². The van der Waals surface area contributed by atoms with Gasteiger partial charge in [0.2, 0.25) is 0 Å². The molecule has 1 aliphatic rings. The van der Waals surface area contributed by atoms with Crippen LogP contribution in [0.5, 0.6) is 0 Å². The first-order chi connectivity index (χ1) is 13.2. The van der Waals surface area contributed by atoms with Gasteiger partial charge in [-0.05, 0) is 43.2 Å². The van der Waals surface area contributed by atoms with E-state index in [4.69, 9.17) is 0 Å². The van der Waals surface area contributed by atoms with Crippen molar-refractivity contribution in [1.82, 2.24) is 13.5 Å². The van der Waals surface area contributed by atoms with Crippen molar-refractivity contribution in [3.05, 3.63) is 41.3 Å². The van der Waals surface area contributed by atoms with E-state index in [1.807, 2.05) is 12.1 Å². The molecule has 0 bridgehead atoms. The molecule has 1 aromatic carbocycles. The Morgan fingerprint density at radius 1 is 1.33 bits per heavy atom. The van der Waals surface area contributed by atoms with Crippen LogP contribution >= 0.6 is 12.3 Å². The standard InChI is InChI=1S/C21H24FN3OS/c1-3-6-15(4-2)19-16-9-8-14(12-26)11-18(16)24-10-5-7-17-20(21(19)24)25(27-22)13-23-17/h8-9,11-13,15H,3-7,10H2,1-2H3. The van der Waals surface area contributed by atoms with Gasteiger partial charge in [0, 0.05) is 23.0 Å². The van der Waals surface area contributed by atoms with Gasteiger partial charge in [-0.3, -0.25) is 4.79 Å². The number of aromatic nitrogens is 3. The first kappa shape index (κ1) is 18.3. The Bertz CT molecular complexity index is 991. The average molecular weight is 386 g/mol. The van der Waals surface area contributed by atoms with Gasteiger partial charge in [0.1, 0.15) is 18.3 Å². The van der Waals surface area contributed by atoms with E-state index in [0.717, 1.165) is 67.5 Å². The Kier molecular flexibility index (Phi) is 5.08. The van der Waals surface area contributed by atoms with E-state index in [9.17, 15) is 8.68 Å². The highest BCUT2D eigenvalue weighted by Gasteiger charge is 2.29. The Labute approximate surface area is 163 Å². The number of hydrogen-bond donors (Lipinski definition) is 0. The lowest BCUT2D eigenvalue weighted by molar-refractivity contribution is 0.112. The van der Waals surface area contributed by atoms with Crippen LogP contribution in [0.1, 0.15) is 67.1 Å². The van der Waals surface area contributed by atoms with Gasteiger partial charge in [0.05, 0.1) is 11.4 Å². The second-order valence-electron chi connectivity index (χ2n) is 7.24. The third kappa shape index (κ3) is 2.90. The molecule has 0 radical (unpaired) electrons. The quantitative estimate of drug-likeness (QED) is 0.493. The fraction of sp³-hybridized carbons (Fsp3) is 0.429. The normalized spacial score (nSPS) is 14.6. The van der Waals surface area contributed by atoms with Gasteiger partial charge in [-0.15, -0.1) is 3.89 Å². The van der Waals surface area contributed by atoms with Crippen LogP contribution in [0.2, 0.25) is 0 Å². The van der Waals surface area contributed by atoms with Crippen LogP contribution in [0.25, 0.3) is 22.3 Å². The minimum atomic E-state index is 0.207. The van der Waals surface area contributed by atoms with Gasteiger partial charge in [-0.2, -0.15) is 0 Å². The summed E-state index contributed by atoms with van der Waals surface area (Å²) in [5.74, 6) is 0.398. The average Bonchev–Trinajstić information content (AvgIpc) is 3.18. The highest BCUT2D eigenvalue weighted by Crippen LogP contribution is 2.44. The number of rotatable bonds is 6. The van der Waals surface area contributed by atoms with Gasteiger partial charge in [-0.25, -0.2) is 8.96 Å². The number of hydrogen-bond acceptors (Lipinski definition) is 3. The van der Waals surface area contributed by atoms with Crippen LogP contribution in [0.4, 0.5) is 3.89 Å². The molecule has 142 valence electrons.